The molecule has 0 heterocycles. The lowest BCUT2D eigenvalue weighted by Crippen LogP contribution is -2.25. The standard InChI is InChI=1S/C23H27N/c1-16-11-17(2)13-22(12-16)23(24-4)15-21-14-20(10-9-18(21)3)19-7-5-6-8-19/h9-15,19H,3,5-8H2,1-2,4H3/b21-15-,24-23+. The molecule has 0 bridgehead atoms. The molecule has 2 aromatic carbocycles. The molecular weight excluding hydrogens is 290 g/mol. The van der Waals surface area contributed by atoms with E-state index < -0.39 is 0 Å². The molecule has 24 heavy (non-hydrogen) atoms. The van der Waals surface area contributed by atoms with Crippen molar-refractivity contribution in [2.24, 2.45) is 4.99 Å². The summed E-state index contributed by atoms with van der Waals surface area (Å²) in [5, 5.41) is 2.27. The van der Waals surface area contributed by atoms with E-state index in [0.717, 1.165) is 16.8 Å². The summed E-state index contributed by atoms with van der Waals surface area (Å²) in [5.74, 6) is 0.723. The predicted octanol–water partition coefficient (Wildman–Crippen LogP) is 4.27. The van der Waals surface area contributed by atoms with E-state index in [4.69, 9.17) is 0 Å². The Hall–Kier alpha value is -2.15. The minimum Gasteiger partial charge on any atom is -0.288 e. The number of nitrogens with zero attached hydrogens (tertiary/aromatic N) is 1. The summed E-state index contributed by atoms with van der Waals surface area (Å²) >= 11 is 0. The second kappa shape index (κ2) is 7.17. The van der Waals surface area contributed by atoms with Gasteiger partial charge in [-0.1, -0.05) is 54.8 Å². The average molecular weight is 317 g/mol. The van der Waals surface area contributed by atoms with Gasteiger partial charge in [0.15, 0.2) is 0 Å². The van der Waals surface area contributed by atoms with Gasteiger partial charge in [0.05, 0.1) is 5.71 Å². The van der Waals surface area contributed by atoms with Crippen molar-refractivity contribution in [1.29, 1.82) is 0 Å². The number of benzene rings is 2. The van der Waals surface area contributed by atoms with Crippen LogP contribution >= 0.6 is 0 Å². The Morgan fingerprint density at radius 2 is 1.71 bits per heavy atom. The minimum absolute atomic E-state index is 0.723. The molecule has 0 amide bonds. The molecule has 1 fully saturated rings. The van der Waals surface area contributed by atoms with Crippen LogP contribution in [0.15, 0.2) is 41.4 Å². The first-order chi connectivity index (χ1) is 11.6. The number of hydrogen-bond acceptors (Lipinski definition) is 1. The zero-order valence-corrected chi connectivity index (χ0v) is 15.1. The lowest BCUT2D eigenvalue weighted by molar-refractivity contribution is 0.722. The fourth-order valence-corrected chi connectivity index (χ4v) is 3.81. The molecule has 0 N–H and O–H groups in total. The molecule has 1 aliphatic carbocycles. The van der Waals surface area contributed by atoms with Crippen molar-refractivity contribution in [1.82, 2.24) is 0 Å². The zero-order valence-electron chi connectivity index (χ0n) is 15.1. The normalized spacial score (nSPS) is 16.8. The molecule has 0 unspecified atom stereocenters. The van der Waals surface area contributed by atoms with Gasteiger partial charge in [-0.25, -0.2) is 0 Å². The van der Waals surface area contributed by atoms with Gasteiger partial charge in [-0.3, -0.25) is 4.99 Å². The zero-order chi connectivity index (χ0) is 17.1. The molecule has 0 radical (unpaired) electrons. The maximum absolute atomic E-state index is 4.54. The summed E-state index contributed by atoms with van der Waals surface area (Å²) < 4.78 is 0. The lowest BCUT2D eigenvalue weighted by Gasteiger charge is -2.10. The summed E-state index contributed by atoms with van der Waals surface area (Å²) in [6, 6.07) is 13.4. The van der Waals surface area contributed by atoms with Gasteiger partial charge in [-0.2, -0.15) is 0 Å². The van der Waals surface area contributed by atoms with Crippen LogP contribution in [0.4, 0.5) is 0 Å². The van der Waals surface area contributed by atoms with Gasteiger partial charge >= 0.3 is 0 Å². The minimum atomic E-state index is 0.723. The fourth-order valence-electron chi connectivity index (χ4n) is 3.81. The smallest absolute Gasteiger partial charge is 0.0649 e. The fraction of sp³-hybridized carbons (Fsp3) is 0.348. The largest absolute Gasteiger partial charge is 0.288 e. The molecule has 2 aromatic rings. The molecule has 0 atom stereocenters. The number of aryl methyl sites for hydroxylation is 2. The lowest BCUT2D eigenvalue weighted by atomic mass is 9.96. The third-order valence-electron chi connectivity index (χ3n) is 5.05. The Balaban J connectivity index is 2.05. The SMILES string of the molecule is C=c1ccc(C2CCCC2)c/c1=C/C(=N\C)c1cc(C)cc(C)c1. The van der Waals surface area contributed by atoms with Gasteiger partial charge in [-0.15, -0.1) is 0 Å². The third kappa shape index (κ3) is 3.67. The van der Waals surface area contributed by atoms with Gasteiger partial charge in [0.25, 0.3) is 0 Å². The van der Waals surface area contributed by atoms with E-state index in [-0.39, 0.29) is 0 Å². The maximum atomic E-state index is 4.54. The molecular formula is C23H27N. The average Bonchev–Trinajstić information content (AvgIpc) is 3.07. The quantitative estimate of drug-likeness (QED) is 0.750. The van der Waals surface area contributed by atoms with Crippen LogP contribution in [0.3, 0.4) is 0 Å². The molecule has 1 nitrogen and oxygen atoms in total. The number of rotatable bonds is 3. The van der Waals surface area contributed by atoms with Crippen LogP contribution in [0.5, 0.6) is 0 Å². The van der Waals surface area contributed by atoms with Crippen LogP contribution in [0, 0.1) is 13.8 Å². The first-order valence-corrected chi connectivity index (χ1v) is 8.93. The van der Waals surface area contributed by atoms with Crippen LogP contribution in [0.25, 0.3) is 12.7 Å². The molecule has 0 aliphatic heterocycles. The van der Waals surface area contributed by atoms with Gasteiger partial charge in [0, 0.05) is 12.6 Å². The maximum Gasteiger partial charge on any atom is 0.0649 e. The van der Waals surface area contributed by atoms with Crippen molar-refractivity contribution >= 4 is 18.4 Å². The van der Waals surface area contributed by atoms with E-state index in [0.29, 0.717) is 0 Å². The van der Waals surface area contributed by atoms with Crippen molar-refractivity contribution in [2.45, 2.75) is 45.4 Å². The van der Waals surface area contributed by atoms with Gasteiger partial charge in [-0.05, 0) is 66.8 Å². The summed E-state index contributed by atoms with van der Waals surface area (Å²) in [5.41, 5.74) is 6.21. The summed E-state index contributed by atoms with van der Waals surface area (Å²) in [7, 11) is 1.87. The van der Waals surface area contributed by atoms with E-state index >= 15 is 0 Å². The van der Waals surface area contributed by atoms with Crippen LogP contribution in [-0.2, 0) is 0 Å². The monoisotopic (exact) mass is 317 g/mol. The van der Waals surface area contributed by atoms with Crippen LogP contribution in [0.2, 0.25) is 0 Å². The Bertz CT molecular complexity index is 847. The van der Waals surface area contributed by atoms with Crippen molar-refractivity contribution in [3.8, 4) is 0 Å². The number of aliphatic imine (C=N–C) groups is 1. The second-order valence-electron chi connectivity index (χ2n) is 7.07. The molecule has 0 spiro atoms. The molecule has 1 saturated carbocycles. The Morgan fingerprint density at radius 3 is 2.33 bits per heavy atom. The summed E-state index contributed by atoms with van der Waals surface area (Å²) in [6.07, 6.45) is 7.55. The van der Waals surface area contributed by atoms with Gasteiger partial charge < -0.3 is 0 Å². The van der Waals surface area contributed by atoms with Crippen LogP contribution in [-0.4, -0.2) is 12.8 Å². The van der Waals surface area contributed by atoms with Gasteiger partial charge in [0.1, 0.15) is 0 Å². The highest BCUT2D eigenvalue weighted by atomic mass is 14.7. The van der Waals surface area contributed by atoms with Crippen molar-refractivity contribution in [3.63, 3.8) is 0 Å². The molecule has 0 saturated heterocycles. The molecule has 0 aromatic heterocycles. The van der Waals surface area contributed by atoms with E-state index in [1.165, 1.54) is 53.2 Å². The Labute approximate surface area is 145 Å². The molecule has 124 valence electrons. The highest BCUT2D eigenvalue weighted by molar-refractivity contribution is 6.20. The van der Waals surface area contributed by atoms with Gasteiger partial charge in [0.2, 0.25) is 0 Å². The van der Waals surface area contributed by atoms with Crippen LogP contribution < -0.4 is 10.4 Å². The first-order valence-electron chi connectivity index (χ1n) is 8.93. The second-order valence-corrected chi connectivity index (χ2v) is 7.07. The Morgan fingerprint density at radius 1 is 1.04 bits per heavy atom. The number of hydrogen-bond donors (Lipinski definition) is 0. The summed E-state index contributed by atoms with van der Waals surface area (Å²) in [6.45, 7) is 8.49. The van der Waals surface area contributed by atoms with E-state index in [2.05, 4.69) is 67.9 Å². The highest BCUT2D eigenvalue weighted by Crippen LogP contribution is 2.32. The van der Waals surface area contributed by atoms with Crippen molar-refractivity contribution < 1.29 is 0 Å². The van der Waals surface area contributed by atoms with Crippen molar-refractivity contribution in [3.05, 3.63) is 69.1 Å². The molecule has 1 heteroatoms. The Kier molecular flexibility index (Phi) is 4.99. The van der Waals surface area contributed by atoms with E-state index in [1.807, 2.05) is 7.05 Å². The van der Waals surface area contributed by atoms with Crippen molar-refractivity contribution in [2.75, 3.05) is 7.05 Å². The summed E-state index contributed by atoms with van der Waals surface area (Å²) in [4.78, 5) is 4.54. The molecule has 3 rings (SSSR count). The third-order valence-corrected chi connectivity index (χ3v) is 5.05. The molecule has 1 aliphatic rings. The van der Waals surface area contributed by atoms with E-state index in [9.17, 15) is 0 Å². The van der Waals surface area contributed by atoms with Crippen LogP contribution in [0.1, 0.15) is 53.9 Å². The van der Waals surface area contributed by atoms with E-state index in [1.54, 1.807) is 0 Å². The first kappa shape index (κ1) is 16.7. The topological polar surface area (TPSA) is 12.4 Å². The highest BCUT2D eigenvalue weighted by Gasteiger charge is 2.16. The predicted molar refractivity (Wildman–Crippen MR) is 105 cm³/mol.